The number of aromatic nitrogens is 4. The van der Waals surface area contributed by atoms with E-state index < -0.39 is 7.12 Å². The van der Waals surface area contributed by atoms with Gasteiger partial charge < -0.3 is 27.7 Å². The van der Waals surface area contributed by atoms with E-state index in [0.29, 0.717) is 28.0 Å². The number of furan rings is 4. The van der Waals surface area contributed by atoms with Crippen LogP contribution in [0, 0.1) is 0 Å². The molecule has 0 saturated carbocycles. The van der Waals surface area contributed by atoms with Gasteiger partial charge >= 0.3 is 7.12 Å². The molecule has 12 heteroatoms. The van der Waals surface area contributed by atoms with Crippen LogP contribution in [-0.2, 0) is 10.8 Å². The van der Waals surface area contributed by atoms with E-state index in [2.05, 4.69) is 147 Å². The van der Waals surface area contributed by atoms with E-state index in [1.807, 2.05) is 103 Å². The van der Waals surface area contributed by atoms with Gasteiger partial charge in [0.15, 0.2) is 17.0 Å². The lowest BCUT2D eigenvalue weighted by Gasteiger charge is -2.21. The van der Waals surface area contributed by atoms with Crippen molar-refractivity contribution < 1.29 is 27.7 Å². The molecule has 0 spiro atoms. The Morgan fingerprint density at radius 1 is 0.349 bits per heavy atom. The molecule has 10 aromatic carbocycles. The molecular weight excluding hydrogens is 1090 g/mol. The minimum absolute atomic E-state index is 0.169. The second-order valence-electron chi connectivity index (χ2n) is 23.1. The SMILES string of the molecule is CC1(C)c2ccccc2-c2ccc3c(oc4c(-c5nc(-c6ccccc6)c6oc7ccccc7c6n5)cccc43)c21.CC1(C)c2ccccc2-c2ccc3c(oc4c(B(O)O)cccc43)c21.Clc1nc(-c2ccccc2)c2oc3ccccc3c2n1. The summed E-state index contributed by atoms with van der Waals surface area (Å²) < 4.78 is 25.3. The first kappa shape index (κ1) is 51.5. The predicted octanol–water partition coefficient (Wildman–Crippen LogP) is 18.2. The molecule has 10 nitrogen and oxygen atoms in total. The molecule has 0 radical (unpaired) electrons. The molecule has 2 N–H and O–H groups in total. The van der Waals surface area contributed by atoms with Crippen molar-refractivity contribution in [2.24, 2.45) is 0 Å². The fourth-order valence-corrected chi connectivity index (χ4v) is 13.6. The van der Waals surface area contributed by atoms with Crippen molar-refractivity contribution in [1.82, 2.24) is 19.9 Å². The van der Waals surface area contributed by atoms with Crippen LogP contribution in [0.15, 0.2) is 236 Å². The highest BCUT2D eigenvalue weighted by molar-refractivity contribution is 6.61. The smallest absolute Gasteiger partial charge is 0.456 e. The lowest BCUT2D eigenvalue weighted by atomic mass is 9.79. The molecule has 0 fully saturated rings. The maximum Gasteiger partial charge on any atom is 0.492 e. The molecule has 0 bridgehead atoms. The van der Waals surface area contributed by atoms with Crippen LogP contribution in [0.25, 0.3) is 144 Å². The lowest BCUT2D eigenvalue weighted by molar-refractivity contribution is 0.425. The Labute approximate surface area is 497 Å². The number of rotatable bonds is 4. The molecule has 16 aromatic rings. The van der Waals surface area contributed by atoms with Crippen LogP contribution in [0.2, 0.25) is 5.28 Å². The summed E-state index contributed by atoms with van der Waals surface area (Å²) in [5, 5.41) is 25.6. The van der Waals surface area contributed by atoms with Crippen molar-refractivity contribution in [2.75, 3.05) is 0 Å². The molecule has 0 unspecified atom stereocenters. The van der Waals surface area contributed by atoms with E-state index in [1.54, 1.807) is 6.07 Å². The van der Waals surface area contributed by atoms with Crippen molar-refractivity contribution in [2.45, 2.75) is 38.5 Å². The number of hydrogen-bond acceptors (Lipinski definition) is 10. The molecule has 0 atom stereocenters. The van der Waals surface area contributed by atoms with Crippen molar-refractivity contribution in [3.8, 4) is 56.2 Å². The van der Waals surface area contributed by atoms with Gasteiger partial charge in [-0.2, -0.15) is 0 Å². The normalized spacial score (nSPS) is 13.5. The zero-order valence-corrected chi connectivity index (χ0v) is 47.8. The standard InChI is InChI=1S/C37H24N2O2.C21H17BO3.C16H9ClN2O/c1-37(2)28-17-8-6-13-22(28)23-19-20-25-24-15-10-16-27(33(24)41-34(25)30(23)37)36-38-31(21-11-4-3-5-12-21)35-32(39-36)26-14-7-9-18-29(26)40-35;1-21(2)16-8-4-3-6-12(16)13-10-11-15-14-7-5-9-17(22(23)24)19(14)25-20(15)18(13)21;17-16-18-13(10-6-2-1-3-7-10)15-14(19-16)11-8-4-5-9-12(11)20-15/h3-20H,1-2H3;3-11,23-24H,1-2H3;1-9H. The molecule has 2 aliphatic rings. The van der Waals surface area contributed by atoms with Crippen LogP contribution in [0.5, 0.6) is 0 Å². The largest absolute Gasteiger partial charge is 0.492 e. The Balaban J connectivity index is 0.000000114. The van der Waals surface area contributed by atoms with Crippen molar-refractivity contribution in [1.29, 1.82) is 0 Å². The molecule has 6 heterocycles. The third-order valence-corrected chi connectivity index (χ3v) is 17.6. The Hall–Kier alpha value is -10.2. The quantitative estimate of drug-likeness (QED) is 0.129. The average molecular weight is 1140 g/mol. The highest BCUT2D eigenvalue weighted by atomic mass is 35.5. The average Bonchev–Trinajstić information content (AvgIpc) is 1.67. The molecule has 86 heavy (non-hydrogen) atoms. The first-order chi connectivity index (χ1) is 41.9. The van der Waals surface area contributed by atoms with Gasteiger partial charge in [-0.1, -0.05) is 204 Å². The number of nitrogens with zero attached hydrogens (tertiary/aromatic N) is 4. The predicted molar refractivity (Wildman–Crippen MR) is 346 cm³/mol. The zero-order valence-electron chi connectivity index (χ0n) is 47.1. The summed E-state index contributed by atoms with van der Waals surface area (Å²) in [7, 11) is -1.55. The molecular formula is C74H50BClN4O6. The minimum Gasteiger partial charge on any atom is -0.456 e. The molecule has 0 aliphatic heterocycles. The number of benzene rings is 10. The molecule has 412 valence electrons. The van der Waals surface area contributed by atoms with E-state index in [0.717, 1.165) is 99.3 Å². The third-order valence-electron chi connectivity index (χ3n) is 17.4. The van der Waals surface area contributed by atoms with E-state index in [4.69, 9.17) is 39.2 Å². The monoisotopic (exact) mass is 1140 g/mol. The minimum atomic E-state index is -1.55. The topological polar surface area (TPSA) is 145 Å². The summed E-state index contributed by atoms with van der Waals surface area (Å²) in [4.78, 5) is 18.9. The summed E-state index contributed by atoms with van der Waals surface area (Å²) in [5.41, 5.74) is 21.9. The van der Waals surface area contributed by atoms with Gasteiger partial charge in [0.05, 0.1) is 5.56 Å². The highest BCUT2D eigenvalue weighted by Gasteiger charge is 2.40. The lowest BCUT2D eigenvalue weighted by Crippen LogP contribution is -2.29. The zero-order chi connectivity index (χ0) is 58.2. The first-order valence-corrected chi connectivity index (χ1v) is 29.0. The summed E-state index contributed by atoms with van der Waals surface area (Å²) in [5.74, 6) is 0.617. The fourth-order valence-electron chi connectivity index (χ4n) is 13.5. The first-order valence-electron chi connectivity index (χ1n) is 28.6. The van der Waals surface area contributed by atoms with Crippen LogP contribution in [0.4, 0.5) is 0 Å². The summed E-state index contributed by atoms with van der Waals surface area (Å²) in [6, 6.07) is 73.4. The third kappa shape index (κ3) is 7.82. The van der Waals surface area contributed by atoms with E-state index in [9.17, 15) is 10.0 Å². The van der Waals surface area contributed by atoms with Crippen LogP contribution in [0.1, 0.15) is 49.9 Å². The molecule has 0 amide bonds. The second kappa shape index (κ2) is 19.4. The van der Waals surface area contributed by atoms with Crippen molar-refractivity contribution in [3.05, 3.63) is 246 Å². The molecule has 18 rings (SSSR count). The Bertz CT molecular complexity index is 5430. The van der Waals surface area contributed by atoms with Gasteiger partial charge in [-0.25, -0.2) is 19.9 Å². The van der Waals surface area contributed by atoms with Crippen LogP contribution < -0.4 is 5.46 Å². The van der Waals surface area contributed by atoms with E-state index in [1.165, 1.54) is 44.5 Å². The van der Waals surface area contributed by atoms with Gasteiger partial charge in [0.25, 0.3) is 0 Å². The van der Waals surface area contributed by atoms with Crippen LogP contribution >= 0.6 is 11.6 Å². The number of fused-ring (bicyclic) bond motifs is 20. The summed E-state index contributed by atoms with van der Waals surface area (Å²) in [6.45, 7) is 9.01. The maximum absolute atomic E-state index is 9.68. The molecule has 0 saturated heterocycles. The molecule has 2 aliphatic carbocycles. The van der Waals surface area contributed by atoms with Gasteiger partial charge in [0.1, 0.15) is 55.9 Å². The summed E-state index contributed by atoms with van der Waals surface area (Å²) >= 11 is 6.07. The van der Waals surface area contributed by atoms with E-state index >= 15 is 0 Å². The number of halogens is 1. The van der Waals surface area contributed by atoms with Crippen LogP contribution in [0.3, 0.4) is 0 Å². The fraction of sp³-hybridized carbons (Fsp3) is 0.0811. The Morgan fingerprint density at radius 2 is 0.779 bits per heavy atom. The number of hydrogen-bond donors (Lipinski definition) is 2. The Morgan fingerprint density at radius 3 is 1.34 bits per heavy atom. The van der Waals surface area contributed by atoms with E-state index in [-0.39, 0.29) is 16.1 Å². The highest BCUT2D eigenvalue weighted by Crippen LogP contribution is 2.54. The van der Waals surface area contributed by atoms with Crippen molar-refractivity contribution >= 4 is 112 Å². The Kier molecular flexibility index (Phi) is 11.6. The second-order valence-corrected chi connectivity index (χ2v) is 23.4. The molecule has 6 aromatic heterocycles. The van der Waals surface area contributed by atoms with Gasteiger partial charge in [0, 0.05) is 70.9 Å². The van der Waals surface area contributed by atoms with Gasteiger partial charge in [0.2, 0.25) is 5.28 Å². The van der Waals surface area contributed by atoms with Crippen LogP contribution in [-0.4, -0.2) is 37.1 Å². The van der Waals surface area contributed by atoms with Crippen molar-refractivity contribution in [3.63, 3.8) is 0 Å². The maximum atomic E-state index is 9.68. The van der Waals surface area contributed by atoms with Gasteiger partial charge in [-0.15, -0.1) is 0 Å². The number of para-hydroxylation sites is 4. The van der Waals surface area contributed by atoms with Gasteiger partial charge in [-0.3, -0.25) is 0 Å². The summed E-state index contributed by atoms with van der Waals surface area (Å²) in [6.07, 6.45) is 0. The van der Waals surface area contributed by atoms with Gasteiger partial charge in [-0.05, 0) is 87.4 Å².